The van der Waals surface area contributed by atoms with Crippen LogP contribution in [0.4, 0.5) is 0 Å². The normalized spacial score (nSPS) is 27.0. The van der Waals surface area contributed by atoms with Gasteiger partial charge in [0.15, 0.2) is 0 Å². The molecular weight excluding hydrogens is 278 g/mol. The maximum atomic E-state index is 12.3. The lowest BCUT2D eigenvalue weighted by Crippen LogP contribution is -2.48. The van der Waals surface area contributed by atoms with Gasteiger partial charge in [-0.25, -0.2) is 0 Å². The number of hydrogen-bond donors (Lipinski definition) is 2. The van der Waals surface area contributed by atoms with Gasteiger partial charge in [0.1, 0.15) is 0 Å². The highest BCUT2D eigenvalue weighted by molar-refractivity contribution is 5.79. The first-order valence-corrected chi connectivity index (χ1v) is 8.79. The van der Waals surface area contributed by atoms with Gasteiger partial charge in [-0.3, -0.25) is 9.59 Å². The molecule has 1 aliphatic heterocycles. The second-order valence-corrected chi connectivity index (χ2v) is 7.39. The molecule has 0 aromatic heterocycles. The van der Waals surface area contributed by atoms with Gasteiger partial charge in [-0.05, 0) is 38.0 Å². The van der Waals surface area contributed by atoms with E-state index in [1.165, 1.54) is 0 Å². The Hall–Kier alpha value is -1.10. The van der Waals surface area contributed by atoms with Gasteiger partial charge in [0.25, 0.3) is 0 Å². The first-order valence-electron chi connectivity index (χ1n) is 8.79. The molecule has 0 radical (unpaired) electrons. The lowest BCUT2D eigenvalue weighted by atomic mass is 9.85. The fourth-order valence-electron chi connectivity index (χ4n) is 3.54. The van der Waals surface area contributed by atoms with Gasteiger partial charge in [-0.2, -0.15) is 0 Å². The molecule has 0 aromatic carbocycles. The van der Waals surface area contributed by atoms with Crippen LogP contribution in [0.2, 0.25) is 0 Å². The first kappa shape index (κ1) is 17.3. The van der Waals surface area contributed by atoms with E-state index in [-0.39, 0.29) is 29.8 Å². The predicted octanol–water partition coefficient (Wildman–Crippen LogP) is 1.66. The number of carbonyl (C=O) groups excluding carboxylic acids is 2. The topological polar surface area (TPSA) is 75.4 Å². The van der Waals surface area contributed by atoms with Crippen molar-refractivity contribution in [1.82, 2.24) is 10.2 Å². The predicted molar refractivity (Wildman–Crippen MR) is 87.1 cm³/mol. The molecule has 1 saturated heterocycles. The highest BCUT2D eigenvalue weighted by atomic mass is 16.2. The summed E-state index contributed by atoms with van der Waals surface area (Å²) >= 11 is 0. The van der Waals surface area contributed by atoms with Crippen molar-refractivity contribution >= 4 is 11.8 Å². The van der Waals surface area contributed by atoms with Crippen LogP contribution in [-0.2, 0) is 9.59 Å². The van der Waals surface area contributed by atoms with E-state index in [0.29, 0.717) is 12.3 Å². The van der Waals surface area contributed by atoms with Gasteiger partial charge in [0, 0.05) is 37.5 Å². The minimum atomic E-state index is 0.0874. The summed E-state index contributed by atoms with van der Waals surface area (Å²) in [7, 11) is 0. The van der Waals surface area contributed by atoms with Crippen LogP contribution >= 0.6 is 0 Å². The number of nitrogens with two attached hydrogens (primary N) is 1. The third kappa shape index (κ3) is 4.97. The van der Waals surface area contributed by atoms with Crippen molar-refractivity contribution < 1.29 is 9.59 Å². The number of rotatable bonds is 4. The van der Waals surface area contributed by atoms with Crippen LogP contribution in [0, 0.1) is 11.8 Å². The molecular formula is C17H31N3O2. The van der Waals surface area contributed by atoms with Crippen LogP contribution < -0.4 is 11.1 Å². The molecule has 2 fully saturated rings. The van der Waals surface area contributed by atoms with Gasteiger partial charge in [-0.15, -0.1) is 0 Å². The first-order chi connectivity index (χ1) is 10.5. The zero-order chi connectivity index (χ0) is 16.1. The van der Waals surface area contributed by atoms with Crippen LogP contribution in [-0.4, -0.2) is 41.9 Å². The van der Waals surface area contributed by atoms with Crippen molar-refractivity contribution in [3.8, 4) is 0 Å². The number of carbonyl (C=O) groups is 2. The number of amides is 2. The molecule has 22 heavy (non-hydrogen) atoms. The van der Waals surface area contributed by atoms with Gasteiger partial charge in [0.05, 0.1) is 0 Å². The van der Waals surface area contributed by atoms with Gasteiger partial charge < -0.3 is 16.0 Å². The molecule has 2 atom stereocenters. The van der Waals surface area contributed by atoms with Crippen molar-refractivity contribution in [2.45, 2.75) is 70.9 Å². The highest BCUT2D eigenvalue weighted by Crippen LogP contribution is 2.24. The Kier molecular flexibility index (Phi) is 6.24. The number of piperidine rings is 1. The third-order valence-electron chi connectivity index (χ3n) is 4.86. The van der Waals surface area contributed by atoms with E-state index in [0.717, 1.165) is 51.6 Å². The maximum Gasteiger partial charge on any atom is 0.223 e. The Bertz CT molecular complexity index is 389. The summed E-state index contributed by atoms with van der Waals surface area (Å²) in [5, 5.41) is 3.18. The van der Waals surface area contributed by atoms with E-state index in [2.05, 4.69) is 19.2 Å². The second-order valence-electron chi connectivity index (χ2n) is 7.39. The lowest BCUT2D eigenvalue weighted by Gasteiger charge is -2.34. The highest BCUT2D eigenvalue weighted by Gasteiger charge is 2.29. The molecule has 2 aliphatic rings. The number of likely N-dealkylation sites (tertiary alicyclic amines) is 1. The minimum Gasteiger partial charge on any atom is -0.353 e. The Morgan fingerprint density at radius 1 is 1.18 bits per heavy atom. The van der Waals surface area contributed by atoms with E-state index in [9.17, 15) is 9.59 Å². The van der Waals surface area contributed by atoms with Gasteiger partial charge in [0.2, 0.25) is 11.8 Å². The average Bonchev–Trinajstić information content (AvgIpc) is 2.47. The Morgan fingerprint density at radius 2 is 1.86 bits per heavy atom. The number of nitrogens with zero attached hydrogens (tertiary/aromatic N) is 1. The summed E-state index contributed by atoms with van der Waals surface area (Å²) in [5.41, 5.74) is 5.96. The van der Waals surface area contributed by atoms with E-state index in [4.69, 9.17) is 5.73 Å². The molecule has 5 heteroatoms. The summed E-state index contributed by atoms with van der Waals surface area (Å²) in [5.74, 6) is 0.907. The average molecular weight is 309 g/mol. The number of nitrogens with one attached hydrogen (secondary N) is 1. The Balaban J connectivity index is 1.73. The summed E-state index contributed by atoms with van der Waals surface area (Å²) in [6, 6.07) is 0.397. The van der Waals surface area contributed by atoms with Crippen molar-refractivity contribution in [3.05, 3.63) is 0 Å². The van der Waals surface area contributed by atoms with E-state index < -0.39 is 0 Å². The van der Waals surface area contributed by atoms with Crippen molar-refractivity contribution in [1.29, 1.82) is 0 Å². The molecule has 0 bridgehead atoms. The summed E-state index contributed by atoms with van der Waals surface area (Å²) in [4.78, 5) is 26.3. The van der Waals surface area contributed by atoms with Crippen LogP contribution in [0.15, 0.2) is 0 Å². The van der Waals surface area contributed by atoms with E-state index in [1.54, 1.807) is 0 Å². The summed E-state index contributed by atoms with van der Waals surface area (Å²) < 4.78 is 0. The van der Waals surface area contributed by atoms with Gasteiger partial charge in [-0.1, -0.05) is 20.3 Å². The van der Waals surface area contributed by atoms with E-state index in [1.807, 2.05) is 4.90 Å². The van der Waals surface area contributed by atoms with Crippen molar-refractivity contribution in [2.24, 2.45) is 17.6 Å². The van der Waals surface area contributed by atoms with Crippen LogP contribution in [0.5, 0.6) is 0 Å². The Labute approximate surface area is 134 Å². The SMILES string of the molecule is CC(C)CC(=O)N1CCC(NC(=O)C2CCCC(N)C2)CC1. The zero-order valence-corrected chi connectivity index (χ0v) is 14.0. The minimum absolute atomic E-state index is 0.0874. The Morgan fingerprint density at radius 3 is 2.45 bits per heavy atom. The quantitative estimate of drug-likeness (QED) is 0.829. The molecule has 0 spiro atoms. The smallest absolute Gasteiger partial charge is 0.223 e. The molecule has 2 amide bonds. The fraction of sp³-hybridized carbons (Fsp3) is 0.882. The molecule has 3 N–H and O–H groups in total. The molecule has 126 valence electrons. The van der Waals surface area contributed by atoms with Gasteiger partial charge >= 0.3 is 0 Å². The van der Waals surface area contributed by atoms with E-state index >= 15 is 0 Å². The van der Waals surface area contributed by atoms with Crippen LogP contribution in [0.25, 0.3) is 0 Å². The zero-order valence-electron chi connectivity index (χ0n) is 14.0. The van der Waals surface area contributed by atoms with Crippen molar-refractivity contribution in [2.75, 3.05) is 13.1 Å². The molecule has 2 rings (SSSR count). The standard InChI is InChI=1S/C17H31N3O2/c1-12(2)10-16(21)20-8-6-15(7-9-20)19-17(22)13-4-3-5-14(18)11-13/h12-15H,3-11,18H2,1-2H3,(H,19,22). The lowest BCUT2D eigenvalue weighted by molar-refractivity contribution is -0.133. The summed E-state index contributed by atoms with van der Waals surface area (Å²) in [6.45, 7) is 5.67. The fourth-order valence-corrected chi connectivity index (χ4v) is 3.54. The molecule has 5 nitrogen and oxygen atoms in total. The third-order valence-corrected chi connectivity index (χ3v) is 4.86. The number of hydrogen-bond acceptors (Lipinski definition) is 3. The van der Waals surface area contributed by atoms with Crippen molar-refractivity contribution in [3.63, 3.8) is 0 Å². The molecule has 0 aromatic rings. The van der Waals surface area contributed by atoms with Crippen LogP contribution in [0.3, 0.4) is 0 Å². The molecule has 1 heterocycles. The molecule has 1 saturated carbocycles. The second kappa shape index (κ2) is 7.95. The molecule has 2 unspecified atom stereocenters. The maximum absolute atomic E-state index is 12.3. The molecule has 1 aliphatic carbocycles. The summed E-state index contributed by atoms with van der Waals surface area (Å²) in [6.07, 6.45) is 6.24. The monoisotopic (exact) mass is 309 g/mol. The van der Waals surface area contributed by atoms with Crippen LogP contribution in [0.1, 0.15) is 58.8 Å². The largest absolute Gasteiger partial charge is 0.353 e.